The lowest BCUT2D eigenvalue weighted by Crippen LogP contribution is -3.00. The highest BCUT2D eigenvalue weighted by atomic mass is 127. The second-order valence-electron chi connectivity index (χ2n) is 3.64. The topological polar surface area (TPSA) is 3.01 Å². The Morgan fingerprint density at radius 3 is 3.00 bits per heavy atom. The van der Waals surface area contributed by atoms with Gasteiger partial charge in [0.1, 0.15) is 0 Å². The van der Waals surface area contributed by atoms with E-state index in [-0.39, 0.29) is 24.0 Å². The number of para-hydroxylation sites is 1. The number of hydrogen-bond donors (Lipinski definition) is 0. The van der Waals surface area contributed by atoms with Crippen LogP contribution in [0.5, 0.6) is 0 Å². The Labute approximate surface area is 116 Å². The summed E-state index contributed by atoms with van der Waals surface area (Å²) in [4.78, 5) is 0. The standard InChI is InChI=1S/C11H12NS2.HI/c1-13-11-12-9(7-14-11)6-8-4-2-3-5-10(8)12;/h2-5,9H,6-7H2,1H3;1H/q+1;/p-1/t9-;/m1./s1. The maximum Gasteiger partial charge on any atom is 0.276 e. The molecule has 0 fully saturated rings. The van der Waals surface area contributed by atoms with E-state index in [0.717, 1.165) is 6.04 Å². The van der Waals surface area contributed by atoms with Gasteiger partial charge in [-0.15, -0.1) is 0 Å². The first-order valence-electron chi connectivity index (χ1n) is 4.81. The predicted octanol–water partition coefficient (Wildman–Crippen LogP) is -0.275. The lowest BCUT2D eigenvalue weighted by atomic mass is 10.1. The predicted molar refractivity (Wildman–Crippen MR) is 64.8 cm³/mol. The molecule has 1 aromatic rings. The zero-order valence-corrected chi connectivity index (χ0v) is 12.2. The molecular formula is C11H12INS2. The van der Waals surface area contributed by atoms with E-state index >= 15 is 0 Å². The summed E-state index contributed by atoms with van der Waals surface area (Å²) in [5, 5.41) is 0. The normalized spacial score (nSPS) is 22.3. The van der Waals surface area contributed by atoms with Gasteiger partial charge >= 0.3 is 0 Å². The Hall–Kier alpha value is 0.320. The second-order valence-corrected chi connectivity index (χ2v) is 5.70. The number of fused-ring (bicyclic) bond motifs is 3. The molecule has 0 saturated heterocycles. The van der Waals surface area contributed by atoms with E-state index in [1.54, 1.807) is 0 Å². The van der Waals surface area contributed by atoms with Gasteiger partial charge < -0.3 is 24.0 Å². The molecule has 0 unspecified atom stereocenters. The maximum atomic E-state index is 2.52. The van der Waals surface area contributed by atoms with Gasteiger partial charge in [-0.2, -0.15) is 4.58 Å². The first-order chi connectivity index (χ1) is 6.90. The lowest BCUT2D eigenvalue weighted by molar-refractivity contribution is -0.458. The number of benzene rings is 1. The van der Waals surface area contributed by atoms with Gasteiger partial charge in [0.25, 0.3) is 4.38 Å². The van der Waals surface area contributed by atoms with E-state index < -0.39 is 0 Å². The fourth-order valence-corrected chi connectivity index (χ4v) is 4.34. The molecule has 4 heteroatoms. The molecule has 0 bridgehead atoms. The monoisotopic (exact) mass is 349 g/mol. The second kappa shape index (κ2) is 4.67. The summed E-state index contributed by atoms with van der Waals surface area (Å²) in [5.41, 5.74) is 2.95. The van der Waals surface area contributed by atoms with Crippen molar-refractivity contribution < 1.29 is 28.6 Å². The molecule has 0 N–H and O–H groups in total. The molecule has 0 saturated carbocycles. The van der Waals surface area contributed by atoms with Gasteiger partial charge in [-0.05, 0) is 18.0 Å². The molecule has 2 aliphatic heterocycles. The van der Waals surface area contributed by atoms with E-state index in [2.05, 4.69) is 35.1 Å². The number of halogens is 1. The van der Waals surface area contributed by atoms with Gasteiger partial charge in [0, 0.05) is 18.1 Å². The average Bonchev–Trinajstić information content (AvgIpc) is 2.75. The number of hydrogen-bond acceptors (Lipinski definition) is 2. The van der Waals surface area contributed by atoms with Crippen molar-refractivity contribution in [3.8, 4) is 0 Å². The molecular weight excluding hydrogens is 337 g/mol. The minimum absolute atomic E-state index is 0. The zero-order chi connectivity index (χ0) is 9.54. The van der Waals surface area contributed by atoms with Crippen molar-refractivity contribution in [3.05, 3.63) is 29.8 Å². The van der Waals surface area contributed by atoms with Gasteiger partial charge in [-0.3, -0.25) is 0 Å². The highest BCUT2D eigenvalue weighted by molar-refractivity contribution is 8.38. The largest absolute Gasteiger partial charge is 1.00 e. The van der Waals surface area contributed by atoms with Crippen LogP contribution in [0.2, 0.25) is 0 Å². The van der Waals surface area contributed by atoms with E-state index in [4.69, 9.17) is 0 Å². The van der Waals surface area contributed by atoms with Crippen molar-refractivity contribution >= 4 is 33.6 Å². The number of rotatable bonds is 0. The molecule has 0 aromatic heterocycles. The average molecular weight is 349 g/mol. The first kappa shape index (κ1) is 11.8. The Kier molecular flexibility index (Phi) is 3.67. The quantitative estimate of drug-likeness (QED) is 0.468. The molecule has 0 radical (unpaired) electrons. The Balaban J connectivity index is 0.000000853. The van der Waals surface area contributed by atoms with Gasteiger partial charge in [0.05, 0.1) is 5.75 Å². The molecule has 2 aliphatic rings. The first-order valence-corrected chi connectivity index (χ1v) is 7.02. The van der Waals surface area contributed by atoms with E-state index in [9.17, 15) is 0 Å². The van der Waals surface area contributed by atoms with Crippen molar-refractivity contribution in [1.82, 2.24) is 0 Å². The summed E-state index contributed by atoms with van der Waals surface area (Å²) in [6.45, 7) is 0. The summed E-state index contributed by atoms with van der Waals surface area (Å²) >= 11 is 3.88. The fourth-order valence-electron chi connectivity index (χ4n) is 2.24. The highest BCUT2D eigenvalue weighted by Crippen LogP contribution is 2.39. The summed E-state index contributed by atoms with van der Waals surface area (Å²) in [6.07, 6.45) is 3.40. The van der Waals surface area contributed by atoms with Crippen LogP contribution in [-0.4, -0.2) is 27.0 Å². The Morgan fingerprint density at radius 1 is 1.40 bits per heavy atom. The minimum Gasteiger partial charge on any atom is -1.00 e. The smallest absolute Gasteiger partial charge is 0.276 e. The fraction of sp³-hybridized carbons (Fsp3) is 0.364. The van der Waals surface area contributed by atoms with Gasteiger partial charge in [-0.1, -0.05) is 30.0 Å². The van der Waals surface area contributed by atoms with Crippen LogP contribution >= 0.6 is 23.5 Å². The summed E-state index contributed by atoms with van der Waals surface area (Å²) < 4.78 is 3.99. The van der Waals surface area contributed by atoms with Crippen molar-refractivity contribution in [1.29, 1.82) is 0 Å². The number of thioether (sulfide) groups is 2. The van der Waals surface area contributed by atoms with Crippen molar-refractivity contribution in [3.63, 3.8) is 0 Å². The highest BCUT2D eigenvalue weighted by Gasteiger charge is 2.41. The lowest BCUT2D eigenvalue weighted by Gasteiger charge is -1.97. The summed E-state index contributed by atoms with van der Waals surface area (Å²) in [5.74, 6) is 1.25. The minimum atomic E-state index is 0. The molecule has 80 valence electrons. The Bertz CT molecular complexity index is 417. The van der Waals surface area contributed by atoms with Crippen molar-refractivity contribution in [2.24, 2.45) is 0 Å². The Morgan fingerprint density at radius 2 is 2.20 bits per heavy atom. The van der Waals surface area contributed by atoms with Gasteiger partial charge in [-0.25, -0.2) is 0 Å². The third kappa shape index (κ3) is 1.85. The molecule has 0 amide bonds. The molecule has 0 aliphatic carbocycles. The van der Waals surface area contributed by atoms with E-state index in [0.29, 0.717) is 0 Å². The molecule has 1 atom stereocenters. The van der Waals surface area contributed by atoms with Crippen LogP contribution < -0.4 is 24.0 Å². The van der Waals surface area contributed by atoms with E-state index in [1.807, 2.05) is 23.5 Å². The van der Waals surface area contributed by atoms with Crippen LogP contribution in [0.25, 0.3) is 0 Å². The summed E-state index contributed by atoms with van der Waals surface area (Å²) in [7, 11) is 0. The summed E-state index contributed by atoms with van der Waals surface area (Å²) in [6, 6.07) is 9.52. The van der Waals surface area contributed by atoms with Gasteiger partial charge in [0.2, 0.25) is 5.69 Å². The van der Waals surface area contributed by atoms with E-state index in [1.165, 1.54) is 27.8 Å². The maximum absolute atomic E-state index is 2.52. The zero-order valence-electron chi connectivity index (χ0n) is 8.44. The molecule has 2 heterocycles. The SMILES string of the molecule is CSC1=[N+]2c3ccccc3C[C@@H]2CS1.[I-]. The van der Waals surface area contributed by atoms with Crippen LogP contribution in [-0.2, 0) is 6.42 Å². The molecule has 1 nitrogen and oxygen atoms in total. The van der Waals surface area contributed by atoms with Crippen molar-refractivity contribution in [2.75, 3.05) is 12.0 Å². The van der Waals surface area contributed by atoms with Crippen LogP contribution in [0, 0.1) is 0 Å². The molecule has 3 rings (SSSR count). The van der Waals surface area contributed by atoms with Crippen LogP contribution in [0.15, 0.2) is 24.3 Å². The van der Waals surface area contributed by atoms with Crippen LogP contribution in [0.3, 0.4) is 0 Å². The third-order valence-electron chi connectivity index (χ3n) is 2.84. The molecule has 1 aromatic carbocycles. The molecule has 0 spiro atoms. The van der Waals surface area contributed by atoms with Crippen molar-refractivity contribution in [2.45, 2.75) is 12.5 Å². The van der Waals surface area contributed by atoms with Crippen LogP contribution in [0.1, 0.15) is 5.56 Å². The van der Waals surface area contributed by atoms with Crippen LogP contribution in [0.4, 0.5) is 5.69 Å². The third-order valence-corrected chi connectivity index (χ3v) is 5.24. The number of nitrogens with zero attached hydrogens (tertiary/aromatic N) is 1. The molecule has 15 heavy (non-hydrogen) atoms. The van der Waals surface area contributed by atoms with Gasteiger partial charge in [0.15, 0.2) is 6.04 Å².